The summed E-state index contributed by atoms with van der Waals surface area (Å²) < 4.78 is 5.10. The number of carboxylic acids is 1. The molecular formula is C12H23NO4. The van der Waals surface area contributed by atoms with E-state index in [-0.39, 0.29) is 12.3 Å². The average molecular weight is 245 g/mol. The molecule has 1 amide bonds. The Morgan fingerprint density at radius 3 is 2.24 bits per heavy atom. The molecule has 0 saturated carbocycles. The third kappa shape index (κ3) is 7.60. The Bertz CT molecular complexity index is 270. The number of ether oxygens (including phenoxy) is 1. The minimum Gasteiger partial charge on any atom is -0.481 e. The molecule has 0 rings (SSSR count). The maximum Gasteiger partial charge on any atom is 0.407 e. The van der Waals surface area contributed by atoms with Crippen molar-refractivity contribution in [2.45, 2.75) is 59.1 Å². The number of carboxylic acid groups (broad SMARTS) is 1. The largest absolute Gasteiger partial charge is 0.481 e. The number of carbonyl (C=O) groups is 2. The molecule has 2 N–H and O–H groups in total. The van der Waals surface area contributed by atoms with Gasteiger partial charge in [0.15, 0.2) is 0 Å². The molecule has 0 aliphatic heterocycles. The summed E-state index contributed by atoms with van der Waals surface area (Å²) in [6.45, 7) is 9.16. The first-order valence-electron chi connectivity index (χ1n) is 5.87. The van der Waals surface area contributed by atoms with E-state index in [4.69, 9.17) is 9.84 Å². The van der Waals surface area contributed by atoms with E-state index in [9.17, 15) is 9.59 Å². The number of hydrogen-bond acceptors (Lipinski definition) is 3. The molecule has 0 saturated heterocycles. The van der Waals surface area contributed by atoms with E-state index in [0.717, 1.165) is 6.42 Å². The third-order valence-corrected chi connectivity index (χ3v) is 2.43. The number of nitrogens with one attached hydrogen (secondary N) is 1. The molecule has 2 unspecified atom stereocenters. The molecular weight excluding hydrogens is 222 g/mol. The van der Waals surface area contributed by atoms with E-state index in [1.54, 1.807) is 20.8 Å². The number of hydrogen-bond donors (Lipinski definition) is 2. The fourth-order valence-corrected chi connectivity index (χ4v) is 1.33. The summed E-state index contributed by atoms with van der Waals surface area (Å²) in [6.07, 6.45) is 0.145. The molecule has 0 aromatic carbocycles. The Labute approximate surface area is 103 Å². The SMILES string of the molecule is CCC(C)C(CC(=O)O)NC(=O)OC(C)(C)C. The Morgan fingerprint density at radius 2 is 1.88 bits per heavy atom. The molecule has 0 aliphatic carbocycles. The van der Waals surface area contributed by atoms with Gasteiger partial charge in [-0.25, -0.2) is 4.79 Å². The lowest BCUT2D eigenvalue weighted by Gasteiger charge is -2.25. The van der Waals surface area contributed by atoms with Crippen LogP contribution in [0, 0.1) is 5.92 Å². The van der Waals surface area contributed by atoms with E-state index in [2.05, 4.69) is 5.32 Å². The molecule has 100 valence electrons. The second-order valence-electron chi connectivity index (χ2n) is 5.24. The number of alkyl carbamates (subject to hydrolysis) is 1. The van der Waals surface area contributed by atoms with E-state index >= 15 is 0 Å². The maximum absolute atomic E-state index is 11.5. The Hall–Kier alpha value is -1.26. The second-order valence-corrected chi connectivity index (χ2v) is 5.24. The van der Waals surface area contributed by atoms with E-state index in [0.29, 0.717) is 0 Å². The summed E-state index contributed by atoms with van der Waals surface area (Å²) >= 11 is 0. The molecule has 0 aromatic rings. The van der Waals surface area contributed by atoms with Crippen LogP contribution in [0.15, 0.2) is 0 Å². The van der Waals surface area contributed by atoms with Crippen LogP contribution in [0.4, 0.5) is 4.79 Å². The zero-order valence-electron chi connectivity index (χ0n) is 11.2. The van der Waals surface area contributed by atoms with Crippen molar-refractivity contribution in [3.63, 3.8) is 0 Å². The third-order valence-electron chi connectivity index (χ3n) is 2.43. The molecule has 2 atom stereocenters. The lowest BCUT2D eigenvalue weighted by molar-refractivity contribution is -0.137. The number of carbonyl (C=O) groups excluding carboxylic acids is 1. The van der Waals surface area contributed by atoms with Crippen LogP contribution in [-0.4, -0.2) is 28.8 Å². The topological polar surface area (TPSA) is 75.6 Å². The van der Waals surface area contributed by atoms with Crippen LogP contribution in [-0.2, 0) is 9.53 Å². The first-order valence-corrected chi connectivity index (χ1v) is 5.87. The molecule has 0 aliphatic rings. The zero-order chi connectivity index (χ0) is 13.6. The van der Waals surface area contributed by atoms with Gasteiger partial charge < -0.3 is 15.2 Å². The molecule has 0 aromatic heterocycles. The lowest BCUT2D eigenvalue weighted by Crippen LogP contribution is -2.43. The highest BCUT2D eigenvalue weighted by molar-refractivity contribution is 5.71. The van der Waals surface area contributed by atoms with Gasteiger partial charge in [0.1, 0.15) is 5.60 Å². The van der Waals surface area contributed by atoms with Gasteiger partial charge in [-0.05, 0) is 26.7 Å². The van der Waals surface area contributed by atoms with Crippen LogP contribution in [0.3, 0.4) is 0 Å². The smallest absolute Gasteiger partial charge is 0.407 e. The van der Waals surface area contributed by atoms with Gasteiger partial charge in [0.05, 0.1) is 6.42 Å². The molecule has 0 radical (unpaired) electrons. The first kappa shape index (κ1) is 15.7. The number of aliphatic carboxylic acids is 1. The summed E-state index contributed by atoms with van der Waals surface area (Å²) in [4.78, 5) is 22.2. The van der Waals surface area contributed by atoms with Gasteiger partial charge in [0.2, 0.25) is 0 Å². The fourth-order valence-electron chi connectivity index (χ4n) is 1.33. The highest BCUT2D eigenvalue weighted by atomic mass is 16.6. The number of amides is 1. The van der Waals surface area contributed by atoms with Crippen molar-refractivity contribution in [3.05, 3.63) is 0 Å². The summed E-state index contributed by atoms with van der Waals surface area (Å²) in [5.74, 6) is -0.829. The van der Waals surface area contributed by atoms with Crippen molar-refractivity contribution < 1.29 is 19.4 Å². The Morgan fingerprint density at radius 1 is 1.35 bits per heavy atom. The fraction of sp³-hybridized carbons (Fsp3) is 0.833. The molecule has 0 bridgehead atoms. The van der Waals surface area contributed by atoms with Crippen LogP contribution in [0.2, 0.25) is 0 Å². The van der Waals surface area contributed by atoms with Crippen LogP contribution >= 0.6 is 0 Å². The summed E-state index contributed by atoms with van der Waals surface area (Å²) in [5.41, 5.74) is -0.576. The van der Waals surface area contributed by atoms with Crippen LogP contribution in [0.1, 0.15) is 47.5 Å². The lowest BCUT2D eigenvalue weighted by atomic mass is 9.96. The van der Waals surface area contributed by atoms with Crippen molar-refractivity contribution in [2.75, 3.05) is 0 Å². The molecule has 0 heterocycles. The van der Waals surface area contributed by atoms with Gasteiger partial charge in [-0.15, -0.1) is 0 Å². The Balaban J connectivity index is 4.42. The van der Waals surface area contributed by atoms with Crippen LogP contribution < -0.4 is 5.32 Å². The zero-order valence-corrected chi connectivity index (χ0v) is 11.2. The van der Waals surface area contributed by atoms with Crippen molar-refractivity contribution in [1.82, 2.24) is 5.32 Å². The minimum atomic E-state index is -0.925. The first-order chi connectivity index (χ1) is 7.65. The summed E-state index contributed by atoms with van der Waals surface area (Å²) in [7, 11) is 0. The predicted octanol–water partition coefficient (Wildman–Crippen LogP) is 2.40. The van der Waals surface area contributed by atoms with Crippen molar-refractivity contribution >= 4 is 12.1 Å². The van der Waals surface area contributed by atoms with Crippen molar-refractivity contribution in [1.29, 1.82) is 0 Å². The molecule has 0 fully saturated rings. The van der Waals surface area contributed by atoms with Gasteiger partial charge in [0.25, 0.3) is 0 Å². The highest BCUT2D eigenvalue weighted by Crippen LogP contribution is 2.13. The molecule has 0 spiro atoms. The van der Waals surface area contributed by atoms with Gasteiger partial charge in [-0.3, -0.25) is 4.79 Å². The molecule has 5 nitrogen and oxygen atoms in total. The van der Waals surface area contributed by atoms with Gasteiger partial charge in [-0.2, -0.15) is 0 Å². The van der Waals surface area contributed by atoms with Crippen LogP contribution in [0.5, 0.6) is 0 Å². The monoisotopic (exact) mass is 245 g/mol. The van der Waals surface area contributed by atoms with E-state index in [1.165, 1.54) is 0 Å². The van der Waals surface area contributed by atoms with E-state index in [1.807, 2.05) is 13.8 Å². The van der Waals surface area contributed by atoms with Gasteiger partial charge >= 0.3 is 12.1 Å². The Kier molecular flexibility index (Phi) is 5.99. The maximum atomic E-state index is 11.5. The normalized spacial score (nSPS) is 14.9. The summed E-state index contributed by atoms with van der Waals surface area (Å²) in [6, 6.07) is -0.396. The minimum absolute atomic E-state index is 0.0890. The molecule has 17 heavy (non-hydrogen) atoms. The number of rotatable bonds is 5. The average Bonchev–Trinajstić information content (AvgIpc) is 2.11. The molecule has 5 heteroatoms. The van der Waals surface area contributed by atoms with Crippen LogP contribution in [0.25, 0.3) is 0 Å². The highest BCUT2D eigenvalue weighted by Gasteiger charge is 2.24. The van der Waals surface area contributed by atoms with Crippen molar-refractivity contribution in [3.8, 4) is 0 Å². The van der Waals surface area contributed by atoms with Gasteiger partial charge in [-0.1, -0.05) is 20.3 Å². The van der Waals surface area contributed by atoms with Crippen molar-refractivity contribution in [2.24, 2.45) is 5.92 Å². The predicted molar refractivity (Wildman–Crippen MR) is 64.9 cm³/mol. The standard InChI is InChI=1S/C12H23NO4/c1-6-8(2)9(7-10(14)15)13-11(16)17-12(3,4)5/h8-9H,6-7H2,1-5H3,(H,13,16)(H,14,15). The van der Waals surface area contributed by atoms with E-state index < -0.39 is 23.7 Å². The second kappa shape index (κ2) is 6.47. The van der Waals surface area contributed by atoms with Gasteiger partial charge in [0, 0.05) is 6.04 Å². The quantitative estimate of drug-likeness (QED) is 0.779. The summed E-state index contributed by atoms with van der Waals surface area (Å²) in [5, 5.41) is 11.4.